The lowest BCUT2D eigenvalue weighted by Gasteiger charge is -2.10. The van der Waals surface area contributed by atoms with E-state index in [4.69, 9.17) is 0 Å². The van der Waals surface area contributed by atoms with Crippen molar-refractivity contribution in [3.8, 4) is 10.4 Å². The molecule has 1 aliphatic carbocycles. The Morgan fingerprint density at radius 2 is 1.89 bits per heavy atom. The SMILES string of the molecule is c1ccc2c3c(sc2c1)-c1csc2scc(c12)C3. The first kappa shape index (κ1) is 9.73. The van der Waals surface area contributed by atoms with Crippen LogP contribution in [0, 0.1) is 0 Å². The Bertz CT molecular complexity index is 904. The molecule has 5 rings (SSSR count). The molecule has 3 heterocycles. The fourth-order valence-electron chi connectivity index (χ4n) is 2.89. The average Bonchev–Trinajstić information content (AvgIpc) is 3.07. The highest BCUT2D eigenvalue weighted by Crippen LogP contribution is 2.50. The van der Waals surface area contributed by atoms with Gasteiger partial charge in [-0.05, 0) is 28.0 Å². The van der Waals surface area contributed by atoms with E-state index in [1.807, 2.05) is 34.0 Å². The molecule has 86 valence electrons. The van der Waals surface area contributed by atoms with Gasteiger partial charge in [0.2, 0.25) is 0 Å². The van der Waals surface area contributed by atoms with Crippen LogP contribution in [0.5, 0.6) is 0 Å². The summed E-state index contributed by atoms with van der Waals surface area (Å²) in [5.41, 5.74) is 4.55. The van der Waals surface area contributed by atoms with Crippen molar-refractivity contribution in [1.82, 2.24) is 0 Å². The molecule has 0 unspecified atom stereocenters. The van der Waals surface area contributed by atoms with Crippen LogP contribution in [0.2, 0.25) is 0 Å². The fraction of sp³-hybridized carbons (Fsp3) is 0.0667. The monoisotopic (exact) mass is 284 g/mol. The minimum absolute atomic E-state index is 1.11. The third-order valence-corrected chi connectivity index (χ3v) is 7.11. The molecular weight excluding hydrogens is 276 g/mol. The molecule has 0 aliphatic heterocycles. The summed E-state index contributed by atoms with van der Waals surface area (Å²) in [4.78, 5) is 1.51. The number of fused-ring (bicyclic) bond motifs is 4. The molecule has 0 atom stereocenters. The predicted octanol–water partition coefficient (Wildman–Crippen LogP) is 5.75. The van der Waals surface area contributed by atoms with E-state index < -0.39 is 0 Å². The smallest absolute Gasteiger partial charge is 0.0874 e. The van der Waals surface area contributed by atoms with Crippen molar-refractivity contribution in [3.63, 3.8) is 0 Å². The van der Waals surface area contributed by atoms with Crippen LogP contribution in [-0.2, 0) is 6.42 Å². The van der Waals surface area contributed by atoms with Crippen molar-refractivity contribution in [2.75, 3.05) is 0 Å². The van der Waals surface area contributed by atoms with E-state index in [9.17, 15) is 0 Å². The van der Waals surface area contributed by atoms with E-state index in [1.165, 1.54) is 35.5 Å². The third kappa shape index (κ3) is 1.06. The van der Waals surface area contributed by atoms with Crippen molar-refractivity contribution in [2.45, 2.75) is 6.42 Å². The number of rotatable bonds is 0. The van der Waals surface area contributed by atoms with E-state index in [0.29, 0.717) is 0 Å². The van der Waals surface area contributed by atoms with E-state index in [2.05, 4.69) is 35.0 Å². The first-order valence-corrected chi connectivity index (χ1v) is 8.48. The van der Waals surface area contributed by atoms with Gasteiger partial charge in [0.1, 0.15) is 0 Å². The highest BCUT2D eigenvalue weighted by Gasteiger charge is 2.24. The average molecular weight is 284 g/mol. The van der Waals surface area contributed by atoms with Gasteiger partial charge in [0, 0.05) is 32.3 Å². The van der Waals surface area contributed by atoms with Crippen LogP contribution < -0.4 is 0 Å². The van der Waals surface area contributed by atoms with Crippen molar-refractivity contribution in [2.24, 2.45) is 0 Å². The van der Waals surface area contributed by atoms with Gasteiger partial charge in [-0.25, -0.2) is 0 Å². The molecule has 18 heavy (non-hydrogen) atoms. The lowest BCUT2D eigenvalue weighted by molar-refractivity contribution is 1.25. The van der Waals surface area contributed by atoms with Gasteiger partial charge in [0.05, 0.1) is 4.01 Å². The third-order valence-electron chi connectivity index (χ3n) is 3.70. The van der Waals surface area contributed by atoms with Crippen molar-refractivity contribution >= 4 is 53.5 Å². The summed E-state index contributed by atoms with van der Waals surface area (Å²) in [6.45, 7) is 0. The summed E-state index contributed by atoms with van der Waals surface area (Å²) in [5, 5.41) is 7.68. The van der Waals surface area contributed by atoms with Crippen molar-refractivity contribution in [3.05, 3.63) is 46.2 Å². The summed E-state index contributed by atoms with van der Waals surface area (Å²) >= 11 is 5.76. The molecule has 0 radical (unpaired) electrons. The highest BCUT2D eigenvalue weighted by molar-refractivity contribution is 7.37. The largest absolute Gasteiger partial charge is 0.135 e. The minimum Gasteiger partial charge on any atom is -0.135 e. The van der Waals surface area contributed by atoms with Gasteiger partial charge in [-0.1, -0.05) is 18.2 Å². The zero-order valence-electron chi connectivity index (χ0n) is 9.40. The Kier molecular flexibility index (Phi) is 1.75. The van der Waals surface area contributed by atoms with Crippen LogP contribution >= 0.6 is 34.0 Å². The number of hydrogen-bond acceptors (Lipinski definition) is 3. The molecule has 4 aromatic rings. The van der Waals surface area contributed by atoms with Gasteiger partial charge >= 0.3 is 0 Å². The fourth-order valence-corrected chi connectivity index (χ4v) is 6.35. The minimum atomic E-state index is 1.11. The van der Waals surface area contributed by atoms with Crippen LogP contribution in [0.1, 0.15) is 11.1 Å². The Morgan fingerprint density at radius 3 is 2.89 bits per heavy atom. The molecule has 0 N–H and O–H groups in total. The van der Waals surface area contributed by atoms with Gasteiger partial charge in [-0.15, -0.1) is 34.0 Å². The molecular formula is C15H8S3. The van der Waals surface area contributed by atoms with Crippen LogP contribution in [0.3, 0.4) is 0 Å². The topological polar surface area (TPSA) is 0 Å². The quantitative estimate of drug-likeness (QED) is 0.340. The van der Waals surface area contributed by atoms with Gasteiger partial charge in [0.15, 0.2) is 0 Å². The van der Waals surface area contributed by atoms with Crippen LogP contribution in [0.25, 0.3) is 29.9 Å². The lowest BCUT2D eigenvalue weighted by atomic mass is 9.93. The lowest BCUT2D eigenvalue weighted by Crippen LogP contribution is -1.93. The Hall–Kier alpha value is -1.16. The summed E-state index contributed by atoms with van der Waals surface area (Å²) in [6, 6.07) is 8.81. The molecule has 1 aliphatic rings. The number of benzene rings is 1. The van der Waals surface area contributed by atoms with E-state index in [1.54, 1.807) is 5.56 Å². The Labute approximate surface area is 116 Å². The summed E-state index contributed by atoms with van der Waals surface area (Å²) in [5.74, 6) is 0. The maximum atomic E-state index is 2.35. The van der Waals surface area contributed by atoms with Crippen molar-refractivity contribution < 1.29 is 0 Å². The molecule has 1 aromatic carbocycles. The second-order valence-corrected chi connectivity index (χ2v) is 7.73. The van der Waals surface area contributed by atoms with E-state index in [0.717, 1.165) is 6.42 Å². The van der Waals surface area contributed by atoms with Gasteiger partial charge in [0.25, 0.3) is 0 Å². The summed E-state index contributed by atoms with van der Waals surface area (Å²) in [6.07, 6.45) is 1.11. The van der Waals surface area contributed by atoms with E-state index in [-0.39, 0.29) is 0 Å². The molecule has 0 saturated heterocycles. The Morgan fingerprint density at radius 1 is 1.00 bits per heavy atom. The highest BCUT2D eigenvalue weighted by atomic mass is 32.2. The molecule has 0 saturated carbocycles. The Balaban J connectivity index is 2.00. The molecule has 0 fully saturated rings. The van der Waals surface area contributed by atoms with Gasteiger partial charge < -0.3 is 0 Å². The van der Waals surface area contributed by atoms with Gasteiger partial charge in [-0.2, -0.15) is 0 Å². The molecule has 0 amide bonds. The molecule has 0 bridgehead atoms. The first-order chi connectivity index (χ1) is 8.92. The van der Waals surface area contributed by atoms with Crippen molar-refractivity contribution in [1.29, 1.82) is 0 Å². The zero-order chi connectivity index (χ0) is 11.7. The summed E-state index contributed by atoms with van der Waals surface area (Å²) < 4.78 is 2.92. The normalized spacial score (nSPS) is 13.3. The van der Waals surface area contributed by atoms with E-state index >= 15 is 0 Å². The van der Waals surface area contributed by atoms with Crippen LogP contribution in [-0.4, -0.2) is 0 Å². The maximum Gasteiger partial charge on any atom is 0.0874 e. The second-order valence-electron chi connectivity index (χ2n) is 4.66. The molecule has 0 spiro atoms. The number of thiophene rings is 3. The van der Waals surface area contributed by atoms with Crippen LogP contribution in [0.15, 0.2) is 35.0 Å². The van der Waals surface area contributed by atoms with Crippen LogP contribution in [0.4, 0.5) is 0 Å². The standard InChI is InChI=1S/C15H8S3/c1-2-4-12-9(3-1)10-5-8-6-16-15-13(8)11(7-17-15)14(10)18-12/h1-4,6-7H,5H2. The number of hydrogen-bond donors (Lipinski definition) is 0. The molecule has 3 heteroatoms. The predicted molar refractivity (Wildman–Crippen MR) is 83.3 cm³/mol. The summed E-state index contributed by atoms with van der Waals surface area (Å²) in [7, 11) is 0. The molecule has 3 aromatic heterocycles. The second kappa shape index (κ2) is 3.23. The first-order valence-electron chi connectivity index (χ1n) is 5.90. The molecule has 0 nitrogen and oxygen atoms in total. The zero-order valence-corrected chi connectivity index (χ0v) is 11.8. The maximum absolute atomic E-state index is 2.35. The van der Waals surface area contributed by atoms with Gasteiger partial charge in [-0.3, -0.25) is 0 Å².